The number of piperidine rings is 1. The van der Waals surface area contributed by atoms with Crippen molar-refractivity contribution in [2.45, 2.75) is 45.3 Å². The Morgan fingerprint density at radius 2 is 1.70 bits per heavy atom. The summed E-state index contributed by atoms with van der Waals surface area (Å²) in [6.07, 6.45) is 3.39. The highest BCUT2D eigenvalue weighted by molar-refractivity contribution is 6.07. The van der Waals surface area contributed by atoms with Crippen molar-refractivity contribution in [2.24, 2.45) is 7.05 Å². The molecule has 7 heteroatoms. The maximum atomic E-state index is 13.8. The number of rotatable bonds is 5. The van der Waals surface area contributed by atoms with Gasteiger partial charge in [0, 0.05) is 45.0 Å². The van der Waals surface area contributed by atoms with Crippen molar-refractivity contribution in [3.63, 3.8) is 0 Å². The summed E-state index contributed by atoms with van der Waals surface area (Å²) in [6.45, 7) is 7.25. The first kappa shape index (κ1) is 21.6. The van der Waals surface area contributed by atoms with Gasteiger partial charge in [-0.2, -0.15) is 5.10 Å². The van der Waals surface area contributed by atoms with Crippen LogP contribution in [0.2, 0.25) is 0 Å². The summed E-state index contributed by atoms with van der Waals surface area (Å²) in [5.74, 6) is -0.0421. The van der Waals surface area contributed by atoms with E-state index >= 15 is 0 Å². The van der Waals surface area contributed by atoms with Gasteiger partial charge in [-0.3, -0.25) is 19.3 Å². The number of aromatic nitrogens is 2. The molecule has 1 spiro atoms. The molecule has 3 amide bonds. The Balaban J connectivity index is 1.36. The Morgan fingerprint density at radius 1 is 0.970 bits per heavy atom. The Morgan fingerprint density at radius 3 is 2.39 bits per heavy atom. The number of carbonyl (C=O) groups is 2. The van der Waals surface area contributed by atoms with Crippen molar-refractivity contribution in [2.75, 3.05) is 19.6 Å². The van der Waals surface area contributed by atoms with Crippen LogP contribution in [-0.2, 0) is 24.9 Å². The fourth-order valence-corrected chi connectivity index (χ4v) is 5.57. The van der Waals surface area contributed by atoms with Gasteiger partial charge in [0.2, 0.25) is 0 Å². The highest BCUT2D eigenvalue weighted by Crippen LogP contribution is 2.38. The summed E-state index contributed by atoms with van der Waals surface area (Å²) >= 11 is 0. The lowest BCUT2D eigenvalue weighted by Crippen LogP contribution is -2.56. The third kappa shape index (κ3) is 3.60. The molecule has 3 heterocycles. The van der Waals surface area contributed by atoms with Crippen LogP contribution >= 0.6 is 0 Å². The van der Waals surface area contributed by atoms with E-state index in [2.05, 4.69) is 34.4 Å². The Hall–Kier alpha value is -3.19. The summed E-state index contributed by atoms with van der Waals surface area (Å²) in [7, 11) is 1.94. The van der Waals surface area contributed by atoms with Gasteiger partial charge < -0.3 is 4.90 Å². The van der Waals surface area contributed by atoms with Crippen molar-refractivity contribution in [3.8, 4) is 0 Å². The first-order valence-corrected chi connectivity index (χ1v) is 11.7. The number of fused-ring (bicyclic) bond motifs is 1. The normalized spacial score (nSPS) is 18.8. The number of aryl methyl sites for hydroxylation is 2. The van der Waals surface area contributed by atoms with E-state index in [0.717, 1.165) is 41.7 Å². The number of hydrogen-bond acceptors (Lipinski definition) is 4. The molecule has 0 unspecified atom stereocenters. The molecule has 3 aromatic rings. The first-order chi connectivity index (χ1) is 15.9. The van der Waals surface area contributed by atoms with Crippen LogP contribution in [-0.4, -0.2) is 61.6 Å². The lowest BCUT2D eigenvalue weighted by Gasteiger charge is -2.41. The number of benzene rings is 2. The molecule has 0 aliphatic carbocycles. The van der Waals surface area contributed by atoms with E-state index in [-0.39, 0.29) is 11.9 Å². The van der Waals surface area contributed by atoms with Gasteiger partial charge in [0.25, 0.3) is 5.91 Å². The van der Waals surface area contributed by atoms with Gasteiger partial charge in [-0.25, -0.2) is 4.79 Å². The molecule has 0 bridgehead atoms. The van der Waals surface area contributed by atoms with E-state index in [4.69, 9.17) is 0 Å². The molecular weight excluding hydrogens is 414 g/mol. The second-order valence-electron chi connectivity index (χ2n) is 9.28. The monoisotopic (exact) mass is 445 g/mol. The Kier molecular flexibility index (Phi) is 5.44. The zero-order valence-electron chi connectivity index (χ0n) is 19.6. The van der Waals surface area contributed by atoms with Gasteiger partial charge in [0.15, 0.2) is 0 Å². The highest BCUT2D eigenvalue weighted by Gasteiger charge is 2.57. The molecule has 0 saturated carbocycles. The van der Waals surface area contributed by atoms with Crippen molar-refractivity contribution in [1.82, 2.24) is 24.5 Å². The minimum atomic E-state index is -0.725. The molecule has 2 saturated heterocycles. The van der Waals surface area contributed by atoms with Crippen LogP contribution in [0.25, 0.3) is 10.8 Å². The van der Waals surface area contributed by atoms with Crippen molar-refractivity contribution in [1.29, 1.82) is 0 Å². The summed E-state index contributed by atoms with van der Waals surface area (Å²) in [4.78, 5) is 32.8. The number of likely N-dealkylation sites (tertiary alicyclic amines) is 1. The fourth-order valence-electron chi connectivity index (χ4n) is 5.57. The maximum Gasteiger partial charge on any atom is 0.327 e. The molecule has 2 aliphatic heterocycles. The maximum absolute atomic E-state index is 13.8. The molecule has 0 radical (unpaired) electrons. The molecular formula is C26H31N5O2. The zero-order valence-corrected chi connectivity index (χ0v) is 19.6. The fraction of sp³-hybridized carbons (Fsp3) is 0.423. The van der Waals surface area contributed by atoms with E-state index in [9.17, 15) is 9.59 Å². The van der Waals surface area contributed by atoms with Crippen molar-refractivity contribution >= 4 is 22.7 Å². The summed E-state index contributed by atoms with van der Waals surface area (Å²) < 4.78 is 1.85. The van der Waals surface area contributed by atoms with E-state index in [0.29, 0.717) is 25.9 Å². The molecule has 33 heavy (non-hydrogen) atoms. The summed E-state index contributed by atoms with van der Waals surface area (Å²) in [5.41, 5.74) is 2.54. The third-order valence-electron chi connectivity index (χ3n) is 7.34. The zero-order chi connectivity index (χ0) is 23.2. The Labute approximate surface area is 194 Å². The number of nitrogens with zero attached hydrogens (tertiary/aromatic N) is 5. The van der Waals surface area contributed by atoms with Crippen LogP contribution in [0.15, 0.2) is 48.7 Å². The highest BCUT2D eigenvalue weighted by atomic mass is 16.2. The minimum Gasteiger partial charge on any atom is -0.310 e. The van der Waals surface area contributed by atoms with Gasteiger partial charge in [0.05, 0.1) is 12.2 Å². The van der Waals surface area contributed by atoms with Crippen LogP contribution < -0.4 is 0 Å². The molecule has 2 fully saturated rings. The number of imide groups is 1. The van der Waals surface area contributed by atoms with E-state index in [1.54, 1.807) is 0 Å². The van der Waals surface area contributed by atoms with Gasteiger partial charge in [-0.1, -0.05) is 42.5 Å². The summed E-state index contributed by atoms with van der Waals surface area (Å²) in [5, 5.41) is 6.65. The van der Waals surface area contributed by atoms with Gasteiger partial charge in [0.1, 0.15) is 5.54 Å². The number of likely N-dealkylation sites (N-methyl/N-ethyl adjacent to an activating group) is 1. The predicted molar refractivity (Wildman–Crippen MR) is 127 cm³/mol. The van der Waals surface area contributed by atoms with E-state index in [1.165, 1.54) is 10.5 Å². The SMILES string of the molecule is CCN1C(=O)N(Cc2cccc3ccccc23)C(=O)C12CCN(Cc1cn(C)nc1C)CC2. The molecule has 1 aromatic heterocycles. The van der Waals surface area contributed by atoms with Gasteiger partial charge >= 0.3 is 6.03 Å². The van der Waals surface area contributed by atoms with Gasteiger partial charge in [-0.15, -0.1) is 0 Å². The topological polar surface area (TPSA) is 61.7 Å². The molecule has 2 aliphatic rings. The Bertz CT molecular complexity index is 1200. The van der Waals surface area contributed by atoms with Gasteiger partial charge in [-0.05, 0) is 43.0 Å². The van der Waals surface area contributed by atoms with E-state index < -0.39 is 5.54 Å². The van der Waals surface area contributed by atoms with E-state index in [1.807, 2.05) is 54.7 Å². The number of carbonyl (C=O) groups excluding carboxylic acids is 2. The lowest BCUT2D eigenvalue weighted by molar-refractivity contribution is -0.136. The van der Waals surface area contributed by atoms with Crippen LogP contribution in [0.3, 0.4) is 0 Å². The molecule has 172 valence electrons. The smallest absolute Gasteiger partial charge is 0.310 e. The molecule has 0 N–H and O–H groups in total. The average Bonchev–Trinajstić information content (AvgIpc) is 3.23. The van der Waals surface area contributed by atoms with Crippen LogP contribution in [0.1, 0.15) is 36.6 Å². The number of amides is 3. The third-order valence-corrected chi connectivity index (χ3v) is 7.34. The number of hydrogen-bond donors (Lipinski definition) is 0. The molecule has 2 aromatic carbocycles. The second kappa shape index (κ2) is 8.30. The van der Waals surface area contributed by atoms with Crippen LogP contribution in [0.5, 0.6) is 0 Å². The molecule has 0 atom stereocenters. The largest absolute Gasteiger partial charge is 0.327 e. The van der Waals surface area contributed by atoms with Crippen molar-refractivity contribution < 1.29 is 9.59 Å². The standard InChI is InChI=1S/C26H31N5O2/c1-4-31-25(33)30(18-21-10-7-9-20-8-5-6-11-23(20)21)24(32)26(31)12-14-29(15-13-26)17-22-16-28(3)27-19(22)2/h5-11,16H,4,12-15,17-18H2,1-3H3. The first-order valence-electron chi connectivity index (χ1n) is 11.7. The van der Waals surface area contributed by atoms with Crippen LogP contribution in [0.4, 0.5) is 4.79 Å². The van der Waals surface area contributed by atoms with Crippen molar-refractivity contribution in [3.05, 3.63) is 65.5 Å². The predicted octanol–water partition coefficient (Wildman–Crippen LogP) is 3.70. The molecule has 5 rings (SSSR count). The number of urea groups is 1. The lowest BCUT2D eigenvalue weighted by atomic mass is 9.85. The molecule has 7 nitrogen and oxygen atoms in total. The summed E-state index contributed by atoms with van der Waals surface area (Å²) in [6, 6.07) is 14.0. The van der Waals surface area contributed by atoms with Crippen LogP contribution in [0, 0.1) is 6.92 Å². The minimum absolute atomic E-state index is 0.0421. The quantitative estimate of drug-likeness (QED) is 0.562. The average molecular weight is 446 g/mol. The second-order valence-corrected chi connectivity index (χ2v) is 9.28.